The molecule has 0 bridgehead atoms. The normalized spacial score (nSPS) is 14.2. The lowest BCUT2D eigenvalue weighted by Gasteiger charge is -2.35. The molecule has 2 N–H and O–H groups in total. The molecule has 0 atom stereocenters. The fourth-order valence-corrected chi connectivity index (χ4v) is 4.28. The first-order valence-electron chi connectivity index (χ1n) is 11.0. The number of anilines is 1. The SMILES string of the molecule is CCN1CCN(c2ncnc3scc(-c4cnc(F)cc4C)c23)CC1.O=C(O)C(F)(F)F.O=C(O)C(F)(F)F. The van der Waals surface area contributed by atoms with Crippen molar-refractivity contribution in [3.05, 3.63) is 35.5 Å². The van der Waals surface area contributed by atoms with Gasteiger partial charge >= 0.3 is 24.3 Å². The molecular formula is C22H22F7N5O4S. The molecule has 39 heavy (non-hydrogen) atoms. The Morgan fingerprint density at radius 3 is 1.95 bits per heavy atom. The van der Waals surface area contributed by atoms with E-state index in [4.69, 9.17) is 19.8 Å². The first-order chi connectivity index (χ1) is 18.1. The van der Waals surface area contributed by atoms with E-state index in [1.54, 1.807) is 23.9 Å². The molecule has 3 aromatic rings. The van der Waals surface area contributed by atoms with Crippen molar-refractivity contribution in [1.82, 2.24) is 19.9 Å². The predicted molar refractivity (Wildman–Crippen MR) is 127 cm³/mol. The fraction of sp³-hybridized carbons (Fsp3) is 0.409. The van der Waals surface area contributed by atoms with Gasteiger partial charge in [0, 0.05) is 48.9 Å². The van der Waals surface area contributed by atoms with Gasteiger partial charge in [0.05, 0.1) is 5.39 Å². The van der Waals surface area contributed by atoms with Crippen LogP contribution in [-0.4, -0.2) is 87.1 Å². The second-order valence-corrected chi connectivity index (χ2v) is 8.73. The summed E-state index contributed by atoms with van der Waals surface area (Å²) in [7, 11) is 0. The van der Waals surface area contributed by atoms with Crippen molar-refractivity contribution >= 4 is 39.3 Å². The van der Waals surface area contributed by atoms with Crippen LogP contribution in [0.1, 0.15) is 12.5 Å². The number of hydrogen-bond donors (Lipinski definition) is 2. The molecule has 1 aliphatic rings. The summed E-state index contributed by atoms with van der Waals surface area (Å²) in [4.78, 5) is 36.4. The zero-order chi connectivity index (χ0) is 29.5. The average Bonchev–Trinajstić information content (AvgIpc) is 3.28. The Kier molecular flexibility index (Phi) is 10.5. The van der Waals surface area contributed by atoms with Crippen LogP contribution in [0.4, 0.5) is 36.6 Å². The predicted octanol–water partition coefficient (Wildman–Crippen LogP) is 4.61. The van der Waals surface area contributed by atoms with E-state index in [9.17, 15) is 30.7 Å². The Bertz CT molecular complexity index is 1270. The highest BCUT2D eigenvalue weighted by molar-refractivity contribution is 7.17. The summed E-state index contributed by atoms with van der Waals surface area (Å²) in [5.41, 5.74) is 2.85. The molecule has 0 aliphatic carbocycles. The number of piperazine rings is 1. The first kappa shape index (κ1) is 31.6. The van der Waals surface area contributed by atoms with Crippen molar-refractivity contribution in [3.63, 3.8) is 0 Å². The van der Waals surface area contributed by atoms with Crippen molar-refractivity contribution in [2.24, 2.45) is 0 Å². The number of pyridine rings is 1. The lowest BCUT2D eigenvalue weighted by molar-refractivity contribution is -0.193. The van der Waals surface area contributed by atoms with Gasteiger partial charge in [-0.3, -0.25) is 0 Å². The quantitative estimate of drug-likeness (QED) is 0.336. The minimum atomic E-state index is -5.08. The molecule has 0 aromatic carbocycles. The number of aliphatic carboxylic acids is 2. The van der Waals surface area contributed by atoms with Gasteiger partial charge in [0.1, 0.15) is 17.0 Å². The number of aryl methyl sites for hydroxylation is 1. The van der Waals surface area contributed by atoms with Crippen molar-refractivity contribution in [2.45, 2.75) is 26.2 Å². The van der Waals surface area contributed by atoms with Crippen LogP contribution in [0.15, 0.2) is 24.0 Å². The summed E-state index contributed by atoms with van der Waals surface area (Å²) >= 11 is 1.60. The summed E-state index contributed by atoms with van der Waals surface area (Å²) < 4.78 is 76.9. The van der Waals surface area contributed by atoms with Crippen LogP contribution in [0.3, 0.4) is 0 Å². The molecule has 0 radical (unpaired) electrons. The standard InChI is InChI=1S/C18H20FN5S.2C2HF3O2/c1-3-23-4-6-24(7-5-23)17-16-14(10-25-18(16)22-11-21-17)13-9-20-15(19)8-12(13)2;2*3-2(4,5)1(6)7/h8-11H,3-7H2,1-2H3;2*(H,6,7). The second kappa shape index (κ2) is 13.0. The fourth-order valence-electron chi connectivity index (χ4n) is 3.38. The number of halogens is 7. The van der Waals surface area contributed by atoms with Gasteiger partial charge in [-0.05, 0) is 25.1 Å². The van der Waals surface area contributed by atoms with Gasteiger partial charge < -0.3 is 20.0 Å². The van der Waals surface area contributed by atoms with Crippen molar-refractivity contribution in [1.29, 1.82) is 0 Å². The van der Waals surface area contributed by atoms with E-state index in [-0.39, 0.29) is 0 Å². The number of rotatable bonds is 3. The number of carbonyl (C=O) groups is 2. The lowest BCUT2D eigenvalue weighted by Crippen LogP contribution is -2.46. The van der Waals surface area contributed by atoms with Gasteiger partial charge in [0.25, 0.3) is 0 Å². The Morgan fingerprint density at radius 2 is 1.49 bits per heavy atom. The number of aromatic nitrogens is 3. The third-order valence-electron chi connectivity index (χ3n) is 5.32. The van der Waals surface area contributed by atoms with Crippen LogP contribution >= 0.6 is 11.3 Å². The van der Waals surface area contributed by atoms with Crippen molar-refractivity contribution < 1.29 is 50.5 Å². The molecule has 4 heterocycles. The molecule has 0 saturated carbocycles. The maximum atomic E-state index is 13.4. The Hall–Kier alpha value is -3.60. The van der Waals surface area contributed by atoms with E-state index in [2.05, 4.69) is 37.1 Å². The second-order valence-electron chi connectivity index (χ2n) is 7.88. The van der Waals surface area contributed by atoms with E-state index in [0.29, 0.717) is 0 Å². The molecule has 1 fully saturated rings. The van der Waals surface area contributed by atoms with Crippen LogP contribution in [-0.2, 0) is 9.59 Å². The Balaban J connectivity index is 0.000000317. The van der Waals surface area contributed by atoms with Gasteiger partial charge in [-0.2, -0.15) is 30.7 Å². The van der Waals surface area contributed by atoms with Crippen molar-refractivity contribution in [2.75, 3.05) is 37.6 Å². The van der Waals surface area contributed by atoms with Crippen LogP contribution in [0, 0.1) is 12.9 Å². The van der Waals surface area contributed by atoms with Crippen LogP contribution in [0.5, 0.6) is 0 Å². The third kappa shape index (κ3) is 8.71. The third-order valence-corrected chi connectivity index (χ3v) is 6.21. The van der Waals surface area contributed by atoms with Crippen LogP contribution in [0.25, 0.3) is 21.3 Å². The summed E-state index contributed by atoms with van der Waals surface area (Å²) in [5, 5.41) is 17.4. The zero-order valence-corrected chi connectivity index (χ0v) is 21.2. The maximum Gasteiger partial charge on any atom is 0.490 e. The summed E-state index contributed by atoms with van der Waals surface area (Å²) in [6.07, 6.45) is -6.92. The molecule has 17 heteroatoms. The zero-order valence-electron chi connectivity index (χ0n) is 20.3. The van der Waals surface area contributed by atoms with Crippen LogP contribution < -0.4 is 4.90 Å². The van der Waals surface area contributed by atoms with Gasteiger partial charge in [-0.1, -0.05) is 6.92 Å². The molecule has 0 amide bonds. The number of likely N-dealkylation sites (N-methyl/N-ethyl adjacent to an activating group) is 1. The number of thiophene rings is 1. The maximum absolute atomic E-state index is 13.4. The van der Waals surface area contributed by atoms with E-state index >= 15 is 0 Å². The van der Waals surface area contributed by atoms with Gasteiger partial charge in [-0.25, -0.2) is 24.5 Å². The number of alkyl halides is 6. The summed E-state index contributed by atoms with van der Waals surface area (Å²) in [6, 6.07) is 1.47. The molecule has 4 rings (SSSR count). The molecule has 0 unspecified atom stereocenters. The molecule has 1 saturated heterocycles. The highest BCUT2D eigenvalue weighted by Crippen LogP contribution is 2.39. The number of carboxylic acid groups (broad SMARTS) is 2. The summed E-state index contributed by atoms with van der Waals surface area (Å²) in [6.45, 7) is 9.17. The number of carboxylic acids is 2. The molecule has 0 spiro atoms. The Labute approximate surface area is 220 Å². The largest absolute Gasteiger partial charge is 0.490 e. The number of hydrogen-bond acceptors (Lipinski definition) is 8. The number of fused-ring (bicyclic) bond motifs is 1. The van der Waals surface area contributed by atoms with E-state index in [1.165, 1.54) is 6.07 Å². The molecule has 214 valence electrons. The van der Waals surface area contributed by atoms with Crippen LogP contribution in [0.2, 0.25) is 0 Å². The average molecular weight is 586 g/mol. The number of nitrogens with zero attached hydrogens (tertiary/aromatic N) is 5. The van der Waals surface area contributed by atoms with Gasteiger partial charge in [0.15, 0.2) is 0 Å². The summed E-state index contributed by atoms with van der Waals surface area (Å²) in [5.74, 6) is -4.99. The molecule has 9 nitrogen and oxygen atoms in total. The van der Waals surface area contributed by atoms with E-state index in [0.717, 1.165) is 65.4 Å². The van der Waals surface area contributed by atoms with E-state index in [1.807, 2.05) is 6.92 Å². The highest BCUT2D eigenvalue weighted by Gasteiger charge is 2.38. The lowest BCUT2D eigenvalue weighted by atomic mass is 10.0. The smallest absolute Gasteiger partial charge is 0.475 e. The Morgan fingerprint density at radius 1 is 0.949 bits per heavy atom. The first-order valence-corrected chi connectivity index (χ1v) is 11.9. The highest BCUT2D eigenvalue weighted by atomic mass is 32.1. The van der Waals surface area contributed by atoms with E-state index < -0.39 is 30.2 Å². The topological polar surface area (TPSA) is 120 Å². The molecule has 3 aromatic heterocycles. The molecular weight excluding hydrogens is 563 g/mol. The minimum Gasteiger partial charge on any atom is -0.475 e. The van der Waals surface area contributed by atoms with Crippen molar-refractivity contribution in [3.8, 4) is 11.1 Å². The van der Waals surface area contributed by atoms with Gasteiger partial charge in [-0.15, -0.1) is 11.3 Å². The van der Waals surface area contributed by atoms with Gasteiger partial charge in [0.2, 0.25) is 5.95 Å². The minimum absolute atomic E-state index is 0.451. The monoisotopic (exact) mass is 585 g/mol. The molecule has 1 aliphatic heterocycles.